The van der Waals surface area contributed by atoms with Crippen LogP contribution in [-0.4, -0.2) is 29.9 Å². The van der Waals surface area contributed by atoms with Gasteiger partial charge in [0, 0.05) is 24.9 Å². The Labute approximate surface area is 76.3 Å². The Balaban J connectivity index is 2.11. The minimum Gasteiger partial charge on any atom is -0.481 e. The van der Waals surface area contributed by atoms with Crippen molar-refractivity contribution in [3.8, 4) is 0 Å². The number of nitrogens with one attached hydrogen (secondary N) is 1. The number of Topliss-reactive ketones (excluding diaryl/α,β-unsaturated/α-hetero) is 1. The summed E-state index contributed by atoms with van der Waals surface area (Å²) in [7, 11) is 0. The molecular formula is C9H13NO3. The molecule has 72 valence electrons. The standard InChI is InChI=1S/C9H13NO3/c11-8-6-1-5(9(12)13)2-7(8)4-10-3-6/h5-7,10H,1-4H2,(H,12,13)/t6-,7-/m1/s1. The van der Waals surface area contributed by atoms with Crippen molar-refractivity contribution < 1.29 is 14.7 Å². The molecule has 2 atom stereocenters. The van der Waals surface area contributed by atoms with Crippen LogP contribution in [0.5, 0.6) is 0 Å². The van der Waals surface area contributed by atoms with Crippen molar-refractivity contribution in [2.24, 2.45) is 17.8 Å². The summed E-state index contributed by atoms with van der Waals surface area (Å²) in [6, 6.07) is 0. The highest BCUT2D eigenvalue weighted by molar-refractivity contribution is 5.87. The van der Waals surface area contributed by atoms with Crippen molar-refractivity contribution in [1.82, 2.24) is 5.32 Å². The number of carbonyl (C=O) groups excluding carboxylic acids is 1. The van der Waals surface area contributed by atoms with Crippen molar-refractivity contribution in [2.45, 2.75) is 12.8 Å². The van der Waals surface area contributed by atoms with Gasteiger partial charge in [0.05, 0.1) is 5.92 Å². The Morgan fingerprint density at radius 2 is 1.85 bits per heavy atom. The first-order valence-corrected chi connectivity index (χ1v) is 4.65. The van der Waals surface area contributed by atoms with E-state index in [1.807, 2.05) is 0 Å². The summed E-state index contributed by atoms with van der Waals surface area (Å²) in [5.41, 5.74) is 0. The molecule has 1 aliphatic heterocycles. The zero-order valence-electron chi connectivity index (χ0n) is 7.32. The average molecular weight is 183 g/mol. The summed E-state index contributed by atoms with van der Waals surface area (Å²) >= 11 is 0. The maximum absolute atomic E-state index is 11.5. The molecule has 4 nitrogen and oxygen atoms in total. The molecular weight excluding hydrogens is 170 g/mol. The second-order valence-electron chi connectivity index (χ2n) is 3.96. The number of hydrogen-bond acceptors (Lipinski definition) is 3. The van der Waals surface area contributed by atoms with Crippen LogP contribution in [-0.2, 0) is 9.59 Å². The Hall–Kier alpha value is -0.900. The monoisotopic (exact) mass is 183 g/mol. The van der Waals surface area contributed by atoms with Gasteiger partial charge in [-0.2, -0.15) is 0 Å². The van der Waals surface area contributed by atoms with Gasteiger partial charge in [-0.1, -0.05) is 0 Å². The third kappa shape index (κ3) is 1.46. The topological polar surface area (TPSA) is 66.4 Å². The number of ketones is 1. The largest absolute Gasteiger partial charge is 0.481 e. The van der Waals surface area contributed by atoms with Gasteiger partial charge in [-0.05, 0) is 12.8 Å². The highest BCUT2D eigenvalue weighted by Crippen LogP contribution is 2.32. The Morgan fingerprint density at radius 3 is 2.31 bits per heavy atom. The number of hydrogen-bond donors (Lipinski definition) is 2. The van der Waals surface area contributed by atoms with Crippen molar-refractivity contribution >= 4 is 11.8 Å². The van der Waals surface area contributed by atoms with Gasteiger partial charge in [-0.3, -0.25) is 9.59 Å². The van der Waals surface area contributed by atoms with Crippen LogP contribution in [0.3, 0.4) is 0 Å². The van der Waals surface area contributed by atoms with E-state index in [9.17, 15) is 9.59 Å². The van der Waals surface area contributed by atoms with E-state index in [1.165, 1.54) is 0 Å². The average Bonchev–Trinajstić information content (AvgIpc) is 2.02. The third-order valence-electron chi connectivity index (χ3n) is 3.07. The second-order valence-corrected chi connectivity index (χ2v) is 3.96. The van der Waals surface area contributed by atoms with Crippen LogP contribution in [0.25, 0.3) is 0 Å². The number of fused-ring (bicyclic) bond motifs is 2. The number of rotatable bonds is 1. The van der Waals surface area contributed by atoms with E-state index in [0.717, 1.165) is 0 Å². The van der Waals surface area contributed by atoms with Gasteiger partial charge in [0.2, 0.25) is 0 Å². The molecule has 2 rings (SSSR count). The number of aliphatic carboxylic acids is 1. The van der Waals surface area contributed by atoms with Gasteiger partial charge in [0.15, 0.2) is 0 Å². The molecule has 0 aromatic heterocycles. The highest BCUT2D eigenvalue weighted by atomic mass is 16.4. The molecule has 13 heavy (non-hydrogen) atoms. The molecule has 2 aliphatic rings. The fourth-order valence-corrected chi connectivity index (χ4v) is 2.35. The molecule has 1 saturated heterocycles. The summed E-state index contributed by atoms with van der Waals surface area (Å²) < 4.78 is 0. The molecule has 1 heterocycles. The Morgan fingerprint density at radius 1 is 1.31 bits per heavy atom. The minimum absolute atomic E-state index is 0.0476. The van der Waals surface area contributed by atoms with Gasteiger partial charge >= 0.3 is 5.97 Å². The molecule has 0 spiro atoms. The van der Waals surface area contributed by atoms with Gasteiger partial charge in [-0.25, -0.2) is 0 Å². The quantitative estimate of drug-likeness (QED) is 0.595. The molecule has 0 radical (unpaired) electrons. The van der Waals surface area contributed by atoms with Crippen molar-refractivity contribution in [3.63, 3.8) is 0 Å². The van der Waals surface area contributed by atoms with Gasteiger partial charge in [-0.15, -0.1) is 0 Å². The van der Waals surface area contributed by atoms with Gasteiger partial charge in [0.1, 0.15) is 5.78 Å². The van der Waals surface area contributed by atoms with Crippen molar-refractivity contribution in [2.75, 3.05) is 13.1 Å². The Bertz CT molecular complexity index is 235. The van der Waals surface area contributed by atoms with E-state index in [1.54, 1.807) is 0 Å². The first kappa shape index (κ1) is 8.69. The molecule has 0 amide bonds. The lowest BCUT2D eigenvalue weighted by Crippen LogP contribution is -2.49. The van der Waals surface area contributed by atoms with E-state index in [-0.39, 0.29) is 23.5 Å². The maximum atomic E-state index is 11.5. The Kier molecular flexibility index (Phi) is 2.07. The summed E-state index contributed by atoms with van der Waals surface area (Å²) in [5, 5.41) is 12.0. The molecule has 0 aromatic rings. The minimum atomic E-state index is -0.746. The fraction of sp³-hybridized carbons (Fsp3) is 0.778. The molecule has 4 heteroatoms. The normalized spacial score (nSPS) is 38.8. The molecule has 2 bridgehead atoms. The SMILES string of the molecule is O=C(O)C1C[C@@H]2CNC[C@@H](C1)C2=O. The number of carbonyl (C=O) groups is 2. The van der Waals surface area contributed by atoms with Gasteiger partial charge in [0.25, 0.3) is 0 Å². The van der Waals surface area contributed by atoms with E-state index < -0.39 is 5.97 Å². The van der Waals surface area contributed by atoms with Crippen LogP contribution >= 0.6 is 0 Å². The molecule has 2 fully saturated rings. The van der Waals surface area contributed by atoms with E-state index in [4.69, 9.17) is 5.11 Å². The van der Waals surface area contributed by atoms with E-state index in [0.29, 0.717) is 25.9 Å². The lowest BCUT2D eigenvalue weighted by molar-refractivity contribution is -0.147. The van der Waals surface area contributed by atoms with Crippen LogP contribution in [0.15, 0.2) is 0 Å². The van der Waals surface area contributed by atoms with Crippen LogP contribution in [0.4, 0.5) is 0 Å². The zero-order chi connectivity index (χ0) is 9.42. The second kappa shape index (κ2) is 3.10. The van der Waals surface area contributed by atoms with Gasteiger partial charge < -0.3 is 10.4 Å². The molecule has 1 aliphatic carbocycles. The van der Waals surface area contributed by atoms with E-state index >= 15 is 0 Å². The fourth-order valence-electron chi connectivity index (χ4n) is 2.35. The lowest BCUT2D eigenvalue weighted by atomic mass is 9.72. The lowest BCUT2D eigenvalue weighted by Gasteiger charge is -2.36. The molecule has 1 saturated carbocycles. The predicted octanol–water partition coefficient (Wildman–Crippen LogP) is -0.114. The first-order valence-electron chi connectivity index (χ1n) is 4.65. The zero-order valence-corrected chi connectivity index (χ0v) is 7.32. The third-order valence-corrected chi connectivity index (χ3v) is 3.07. The van der Waals surface area contributed by atoms with Crippen LogP contribution in [0.2, 0.25) is 0 Å². The summed E-state index contributed by atoms with van der Waals surface area (Å²) in [6.45, 7) is 1.33. The first-order chi connectivity index (χ1) is 6.18. The molecule has 2 N–H and O–H groups in total. The number of carboxylic acid groups (broad SMARTS) is 1. The van der Waals surface area contributed by atoms with Crippen molar-refractivity contribution in [3.05, 3.63) is 0 Å². The molecule has 0 unspecified atom stereocenters. The summed E-state index contributed by atoms with van der Waals surface area (Å²) in [5.74, 6) is -0.863. The summed E-state index contributed by atoms with van der Waals surface area (Å²) in [4.78, 5) is 22.3. The van der Waals surface area contributed by atoms with E-state index in [2.05, 4.69) is 5.32 Å². The highest BCUT2D eigenvalue weighted by Gasteiger charge is 2.41. The van der Waals surface area contributed by atoms with Crippen LogP contribution < -0.4 is 5.32 Å². The number of carboxylic acids is 1. The maximum Gasteiger partial charge on any atom is 0.306 e. The molecule has 0 aromatic carbocycles. The smallest absolute Gasteiger partial charge is 0.306 e. The van der Waals surface area contributed by atoms with Crippen LogP contribution in [0, 0.1) is 17.8 Å². The van der Waals surface area contributed by atoms with Crippen LogP contribution in [0.1, 0.15) is 12.8 Å². The van der Waals surface area contributed by atoms with Crippen molar-refractivity contribution in [1.29, 1.82) is 0 Å². The predicted molar refractivity (Wildman–Crippen MR) is 45.2 cm³/mol. The summed E-state index contributed by atoms with van der Waals surface area (Å²) in [6.07, 6.45) is 1.05. The number of piperidine rings is 1.